The van der Waals surface area contributed by atoms with Crippen molar-refractivity contribution < 1.29 is 0 Å². The van der Waals surface area contributed by atoms with Gasteiger partial charge in [0.2, 0.25) is 0 Å². The molecular formula is C61H39N3. The fourth-order valence-corrected chi connectivity index (χ4v) is 9.60. The lowest BCUT2D eigenvalue weighted by molar-refractivity contribution is 1.08. The number of hydrogen-bond donors (Lipinski definition) is 0. The predicted molar refractivity (Wildman–Crippen MR) is 268 cm³/mol. The molecule has 0 N–H and O–H groups in total. The third-order valence-electron chi connectivity index (χ3n) is 12.6. The summed E-state index contributed by atoms with van der Waals surface area (Å²) in [6, 6.07) is 84.2. The van der Waals surface area contributed by atoms with Crippen molar-refractivity contribution in [2.24, 2.45) is 0 Å². The van der Waals surface area contributed by atoms with Crippen LogP contribution < -0.4 is 0 Å². The normalized spacial score (nSPS) is 11.4. The predicted octanol–water partition coefficient (Wildman–Crippen LogP) is 16.2. The molecule has 0 spiro atoms. The van der Waals surface area contributed by atoms with E-state index in [9.17, 15) is 0 Å². The molecule has 0 fully saturated rings. The zero-order valence-corrected chi connectivity index (χ0v) is 34.9. The van der Waals surface area contributed by atoms with Crippen molar-refractivity contribution in [2.45, 2.75) is 0 Å². The van der Waals surface area contributed by atoms with Crippen molar-refractivity contribution in [2.75, 3.05) is 0 Å². The first-order chi connectivity index (χ1) is 31.8. The molecule has 0 aliphatic carbocycles. The molecule has 0 aliphatic heterocycles. The van der Waals surface area contributed by atoms with E-state index in [4.69, 9.17) is 15.0 Å². The van der Waals surface area contributed by atoms with Crippen LogP contribution in [0.15, 0.2) is 237 Å². The van der Waals surface area contributed by atoms with E-state index in [1.807, 2.05) is 12.1 Å². The lowest BCUT2D eigenvalue weighted by atomic mass is 9.83. The van der Waals surface area contributed by atoms with Gasteiger partial charge in [-0.1, -0.05) is 231 Å². The van der Waals surface area contributed by atoms with E-state index >= 15 is 0 Å². The highest BCUT2D eigenvalue weighted by atomic mass is 15.0. The van der Waals surface area contributed by atoms with Crippen LogP contribution in [-0.2, 0) is 0 Å². The molecule has 64 heavy (non-hydrogen) atoms. The summed E-state index contributed by atoms with van der Waals surface area (Å²) in [6.07, 6.45) is 0. The van der Waals surface area contributed by atoms with Crippen LogP contribution >= 0.6 is 0 Å². The van der Waals surface area contributed by atoms with Crippen molar-refractivity contribution in [1.82, 2.24) is 15.0 Å². The summed E-state index contributed by atoms with van der Waals surface area (Å²) in [6.45, 7) is 0. The van der Waals surface area contributed by atoms with E-state index in [2.05, 4.69) is 224 Å². The number of hydrogen-bond acceptors (Lipinski definition) is 3. The third-order valence-corrected chi connectivity index (χ3v) is 12.6. The maximum atomic E-state index is 5.35. The molecule has 3 heteroatoms. The first-order valence-electron chi connectivity index (χ1n) is 21.8. The van der Waals surface area contributed by atoms with Gasteiger partial charge in [0.1, 0.15) is 0 Å². The number of rotatable bonds is 7. The van der Waals surface area contributed by atoms with Gasteiger partial charge in [-0.2, -0.15) is 0 Å². The van der Waals surface area contributed by atoms with Crippen molar-refractivity contribution >= 4 is 43.1 Å². The van der Waals surface area contributed by atoms with Crippen LogP contribution in [-0.4, -0.2) is 15.0 Å². The summed E-state index contributed by atoms with van der Waals surface area (Å²) in [5.74, 6) is 1.87. The maximum Gasteiger partial charge on any atom is 0.164 e. The molecule has 0 unspecified atom stereocenters. The van der Waals surface area contributed by atoms with Crippen LogP contribution in [0, 0.1) is 0 Å². The molecular weight excluding hydrogens is 775 g/mol. The Bertz CT molecular complexity index is 3650. The van der Waals surface area contributed by atoms with Gasteiger partial charge in [-0.25, -0.2) is 15.0 Å². The Kier molecular flexibility index (Phi) is 9.16. The quantitative estimate of drug-likeness (QED) is 0.150. The first kappa shape index (κ1) is 37.2. The van der Waals surface area contributed by atoms with Gasteiger partial charge in [0.25, 0.3) is 0 Å². The van der Waals surface area contributed by atoms with Gasteiger partial charge >= 0.3 is 0 Å². The Hall–Kier alpha value is -8.53. The summed E-state index contributed by atoms with van der Waals surface area (Å²) < 4.78 is 0. The summed E-state index contributed by atoms with van der Waals surface area (Å²) in [7, 11) is 0. The molecule has 11 aromatic carbocycles. The van der Waals surface area contributed by atoms with Gasteiger partial charge in [-0.3, -0.25) is 0 Å². The molecule has 3 nitrogen and oxygen atoms in total. The molecule has 0 saturated carbocycles. The molecule has 1 aromatic heterocycles. The van der Waals surface area contributed by atoms with E-state index in [-0.39, 0.29) is 0 Å². The van der Waals surface area contributed by atoms with Crippen molar-refractivity contribution in [3.05, 3.63) is 237 Å². The second-order valence-corrected chi connectivity index (χ2v) is 16.2. The molecule has 0 bridgehead atoms. The van der Waals surface area contributed by atoms with Crippen molar-refractivity contribution in [3.63, 3.8) is 0 Å². The highest BCUT2D eigenvalue weighted by Crippen LogP contribution is 2.47. The van der Waals surface area contributed by atoms with E-state index in [1.54, 1.807) is 0 Å². The lowest BCUT2D eigenvalue weighted by Crippen LogP contribution is -2.02. The van der Waals surface area contributed by atoms with Crippen molar-refractivity contribution in [1.29, 1.82) is 0 Å². The zero-order valence-electron chi connectivity index (χ0n) is 34.9. The molecule has 0 amide bonds. The summed E-state index contributed by atoms with van der Waals surface area (Å²) >= 11 is 0. The average molecular weight is 814 g/mol. The largest absolute Gasteiger partial charge is 0.208 e. The number of aromatic nitrogens is 3. The van der Waals surface area contributed by atoms with Gasteiger partial charge in [-0.05, 0) is 93.7 Å². The van der Waals surface area contributed by atoms with Crippen LogP contribution in [0.5, 0.6) is 0 Å². The van der Waals surface area contributed by atoms with E-state index in [0.29, 0.717) is 17.5 Å². The zero-order chi connectivity index (χ0) is 42.4. The lowest BCUT2D eigenvalue weighted by Gasteiger charge is -2.20. The topological polar surface area (TPSA) is 38.7 Å². The highest BCUT2D eigenvalue weighted by molar-refractivity contribution is 6.25. The van der Waals surface area contributed by atoms with Crippen molar-refractivity contribution in [3.8, 4) is 78.7 Å². The molecule has 1 heterocycles. The second-order valence-electron chi connectivity index (χ2n) is 16.2. The standard InChI is InChI=1S/C61H39N3/c1-3-18-40(19-4-1)41-34-36-44(37-35-41)59-62-60(55-32-16-9-25-46(55)42-20-5-2-6-21-42)64-61(63-59)56-39-38-54(47-26-10-11-27-48(47)56)58-52-30-14-12-28-50(52)57(51-29-13-15-31-53(51)58)49-33-17-23-43-22-7-8-24-45(43)49/h1-39H. The maximum absolute atomic E-state index is 5.35. The minimum atomic E-state index is 0.622. The monoisotopic (exact) mass is 813 g/mol. The van der Waals surface area contributed by atoms with Crippen LogP contribution in [0.2, 0.25) is 0 Å². The van der Waals surface area contributed by atoms with Gasteiger partial charge in [-0.15, -0.1) is 0 Å². The number of fused-ring (bicyclic) bond motifs is 4. The van der Waals surface area contributed by atoms with E-state index in [0.717, 1.165) is 55.3 Å². The minimum absolute atomic E-state index is 0.622. The Morgan fingerprint density at radius 3 is 1.19 bits per heavy atom. The van der Waals surface area contributed by atoms with E-state index < -0.39 is 0 Å². The summed E-state index contributed by atoms with van der Waals surface area (Å²) in [4.78, 5) is 15.9. The summed E-state index contributed by atoms with van der Waals surface area (Å²) in [5, 5.41) is 9.56. The number of nitrogens with zero attached hydrogens (tertiary/aromatic N) is 3. The third kappa shape index (κ3) is 6.42. The van der Waals surface area contributed by atoms with Crippen LogP contribution in [0.1, 0.15) is 0 Å². The molecule has 12 aromatic rings. The summed E-state index contributed by atoms with van der Waals surface area (Å²) in [5.41, 5.74) is 12.2. The fourth-order valence-electron chi connectivity index (χ4n) is 9.60. The van der Waals surface area contributed by atoms with Crippen LogP contribution in [0.4, 0.5) is 0 Å². The Balaban J connectivity index is 1.08. The van der Waals surface area contributed by atoms with Gasteiger partial charge in [0.15, 0.2) is 17.5 Å². The smallest absolute Gasteiger partial charge is 0.164 e. The van der Waals surface area contributed by atoms with Crippen LogP contribution in [0.3, 0.4) is 0 Å². The Morgan fingerprint density at radius 2 is 0.562 bits per heavy atom. The molecule has 298 valence electrons. The molecule has 0 aliphatic rings. The second kappa shape index (κ2) is 15.7. The molecule has 0 atom stereocenters. The fraction of sp³-hybridized carbons (Fsp3) is 0. The number of benzene rings is 11. The first-order valence-corrected chi connectivity index (χ1v) is 21.8. The molecule has 12 rings (SSSR count). The van der Waals surface area contributed by atoms with Crippen LogP contribution in [0.25, 0.3) is 122 Å². The Morgan fingerprint density at radius 1 is 0.188 bits per heavy atom. The van der Waals surface area contributed by atoms with Gasteiger partial charge in [0.05, 0.1) is 0 Å². The SMILES string of the molecule is c1ccc(-c2ccc(-c3nc(-c4ccccc4-c4ccccc4)nc(-c4ccc(-c5c6ccccc6c(-c6cccc7ccccc67)c6ccccc56)c5ccccc45)n3)cc2)cc1. The minimum Gasteiger partial charge on any atom is -0.208 e. The Labute approximate surface area is 371 Å². The van der Waals surface area contributed by atoms with Gasteiger partial charge < -0.3 is 0 Å². The highest BCUT2D eigenvalue weighted by Gasteiger charge is 2.22. The average Bonchev–Trinajstić information content (AvgIpc) is 3.38. The molecule has 0 radical (unpaired) electrons. The van der Waals surface area contributed by atoms with E-state index in [1.165, 1.54) is 49.0 Å². The molecule has 0 saturated heterocycles. The van der Waals surface area contributed by atoms with Gasteiger partial charge in [0, 0.05) is 16.7 Å².